The van der Waals surface area contributed by atoms with Gasteiger partial charge in [0.15, 0.2) is 11.5 Å². The molecule has 38 heavy (non-hydrogen) atoms. The van der Waals surface area contributed by atoms with Gasteiger partial charge >= 0.3 is 24.2 Å². The number of nitrogens with two attached hydrogens (primary N) is 1. The SMILES string of the molecule is CCCC(=O)OC(C)[C@H](C)OC(=O)[C@@H](N)Cc1ccc(OC(=O)OCC(C)C)c(OC(=O)OCC(C)C)c1. The Balaban J connectivity index is 2.93. The number of hydrogen-bond acceptors (Lipinski definition) is 11. The average Bonchev–Trinajstić information content (AvgIpc) is 2.82. The lowest BCUT2D eigenvalue weighted by molar-refractivity contribution is -0.166. The summed E-state index contributed by atoms with van der Waals surface area (Å²) in [5.74, 6) is -1.07. The fourth-order valence-electron chi connectivity index (χ4n) is 2.82. The molecule has 0 heterocycles. The predicted octanol–water partition coefficient (Wildman–Crippen LogP) is 4.56. The van der Waals surface area contributed by atoms with Crippen LogP contribution in [0.2, 0.25) is 0 Å². The van der Waals surface area contributed by atoms with Crippen molar-refractivity contribution in [2.24, 2.45) is 17.6 Å². The van der Waals surface area contributed by atoms with E-state index in [2.05, 4.69) is 0 Å². The molecule has 1 unspecified atom stereocenters. The number of rotatable bonds is 14. The zero-order chi connectivity index (χ0) is 28.8. The Kier molecular flexibility index (Phi) is 14.2. The summed E-state index contributed by atoms with van der Waals surface area (Å²) in [6.45, 7) is 12.8. The molecule has 1 rings (SSSR count). The van der Waals surface area contributed by atoms with E-state index in [1.165, 1.54) is 12.1 Å². The molecular weight excluding hydrogens is 498 g/mol. The van der Waals surface area contributed by atoms with Gasteiger partial charge in [-0.25, -0.2) is 9.59 Å². The normalized spacial score (nSPS) is 13.3. The van der Waals surface area contributed by atoms with E-state index < -0.39 is 36.5 Å². The highest BCUT2D eigenvalue weighted by molar-refractivity contribution is 5.76. The third-order valence-electron chi connectivity index (χ3n) is 4.96. The van der Waals surface area contributed by atoms with Gasteiger partial charge in [-0.05, 0) is 56.2 Å². The Morgan fingerprint density at radius 3 is 1.84 bits per heavy atom. The molecule has 0 fully saturated rings. The molecule has 0 aliphatic heterocycles. The second-order valence-corrected chi connectivity index (χ2v) is 9.79. The van der Waals surface area contributed by atoms with E-state index in [9.17, 15) is 19.2 Å². The lowest BCUT2D eigenvalue weighted by atomic mass is 10.1. The molecule has 0 saturated carbocycles. The molecule has 214 valence electrons. The number of hydrogen-bond donors (Lipinski definition) is 1. The summed E-state index contributed by atoms with van der Waals surface area (Å²) >= 11 is 0. The van der Waals surface area contributed by atoms with E-state index >= 15 is 0 Å². The van der Waals surface area contributed by atoms with Gasteiger partial charge in [0.25, 0.3) is 0 Å². The smallest absolute Gasteiger partial charge is 0.459 e. The van der Waals surface area contributed by atoms with E-state index in [1.54, 1.807) is 19.9 Å². The Hall–Kier alpha value is -3.34. The van der Waals surface area contributed by atoms with Gasteiger partial charge < -0.3 is 34.2 Å². The molecule has 0 amide bonds. The van der Waals surface area contributed by atoms with E-state index in [1.807, 2.05) is 34.6 Å². The highest BCUT2D eigenvalue weighted by atomic mass is 16.7. The lowest BCUT2D eigenvalue weighted by Crippen LogP contribution is -2.39. The van der Waals surface area contributed by atoms with Gasteiger partial charge in [0, 0.05) is 6.42 Å². The monoisotopic (exact) mass is 539 g/mol. The van der Waals surface area contributed by atoms with Crippen LogP contribution in [0.15, 0.2) is 18.2 Å². The molecule has 11 nitrogen and oxygen atoms in total. The van der Waals surface area contributed by atoms with Crippen LogP contribution in [-0.2, 0) is 35.0 Å². The first kappa shape index (κ1) is 32.7. The summed E-state index contributed by atoms with van der Waals surface area (Å²) in [4.78, 5) is 48.5. The van der Waals surface area contributed by atoms with Gasteiger partial charge in [-0.3, -0.25) is 9.59 Å². The van der Waals surface area contributed by atoms with Crippen molar-refractivity contribution in [2.45, 2.75) is 86.0 Å². The molecule has 0 bridgehead atoms. The topological polar surface area (TPSA) is 150 Å². The van der Waals surface area contributed by atoms with Crippen LogP contribution in [0.3, 0.4) is 0 Å². The summed E-state index contributed by atoms with van der Waals surface area (Å²) in [5, 5.41) is 0. The van der Waals surface area contributed by atoms with E-state index in [4.69, 9.17) is 34.2 Å². The predicted molar refractivity (Wildman–Crippen MR) is 138 cm³/mol. The first-order chi connectivity index (χ1) is 17.8. The first-order valence-electron chi connectivity index (χ1n) is 12.8. The Morgan fingerprint density at radius 2 is 1.32 bits per heavy atom. The van der Waals surface area contributed by atoms with Crippen LogP contribution < -0.4 is 15.2 Å². The van der Waals surface area contributed by atoms with Crippen LogP contribution in [0.1, 0.15) is 66.9 Å². The van der Waals surface area contributed by atoms with Crippen molar-refractivity contribution in [3.8, 4) is 11.5 Å². The molecule has 2 N–H and O–H groups in total. The molecule has 0 aliphatic carbocycles. The first-order valence-corrected chi connectivity index (χ1v) is 12.8. The molecule has 0 aliphatic rings. The fourth-order valence-corrected chi connectivity index (χ4v) is 2.82. The third-order valence-corrected chi connectivity index (χ3v) is 4.96. The molecule has 3 atom stereocenters. The van der Waals surface area contributed by atoms with Crippen LogP contribution in [0.5, 0.6) is 11.5 Å². The van der Waals surface area contributed by atoms with Crippen molar-refractivity contribution < 1.29 is 47.6 Å². The van der Waals surface area contributed by atoms with Crippen LogP contribution in [0, 0.1) is 11.8 Å². The van der Waals surface area contributed by atoms with Gasteiger partial charge in [-0.1, -0.05) is 40.7 Å². The Morgan fingerprint density at radius 1 is 0.789 bits per heavy atom. The quantitative estimate of drug-likeness (QED) is 0.201. The summed E-state index contributed by atoms with van der Waals surface area (Å²) < 4.78 is 31.1. The van der Waals surface area contributed by atoms with E-state index in [0.29, 0.717) is 12.0 Å². The van der Waals surface area contributed by atoms with Crippen molar-refractivity contribution in [3.05, 3.63) is 23.8 Å². The number of ether oxygens (including phenoxy) is 6. The van der Waals surface area contributed by atoms with Crippen molar-refractivity contribution >= 4 is 24.2 Å². The van der Waals surface area contributed by atoms with Crippen LogP contribution in [-0.4, -0.2) is 55.7 Å². The molecule has 1 aromatic carbocycles. The maximum Gasteiger partial charge on any atom is 0.513 e. The maximum atomic E-state index is 12.5. The van der Waals surface area contributed by atoms with Gasteiger partial charge in [-0.2, -0.15) is 0 Å². The minimum Gasteiger partial charge on any atom is -0.459 e. The van der Waals surface area contributed by atoms with E-state index in [0.717, 1.165) is 0 Å². The number of carbonyl (C=O) groups is 4. The standard InChI is InChI=1S/C27H41NO10/c1-8-9-24(29)35-18(6)19(7)36-25(30)21(28)12-20-10-11-22(37-26(31)33-14-16(2)3)23(13-20)38-27(32)34-15-17(4)5/h10-11,13,16-19,21H,8-9,12,14-15,28H2,1-7H3/t18?,19-,21-/m0/s1. The second kappa shape index (κ2) is 16.5. The van der Waals surface area contributed by atoms with Crippen LogP contribution in [0.25, 0.3) is 0 Å². The van der Waals surface area contributed by atoms with Gasteiger partial charge in [-0.15, -0.1) is 0 Å². The summed E-state index contributed by atoms with van der Waals surface area (Å²) in [6, 6.07) is 3.29. The van der Waals surface area contributed by atoms with Crippen LogP contribution in [0.4, 0.5) is 9.59 Å². The highest BCUT2D eigenvalue weighted by Gasteiger charge is 2.25. The van der Waals surface area contributed by atoms with Crippen molar-refractivity contribution in [1.82, 2.24) is 0 Å². The second-order valence-electron chi connectivity index (χ2n) is 9.79. The molecule has 1 aromatic rings. The van der Waals surface area contributed by atoms with Gasteiger partial charge in [0.2, 0.25) is 0 Å². The van der Waals surface area contributed by atoms with Crippen molar-refractivity contribution in [3.63, 3.8) is 0 Å². The maximum absolute atomic E-state index is 12.5. The third kappa shape index (κ3) is 12.8. The molecule has 0 aromatic heterocycles. The minimum atomic E-state index is -1.07. The van der Waals surface area contributed by atoms with E-state index in [-0.39, 0.29) is 55.4 Å². The summed E-state index contributed by atoms with van der Waals surface area (Å²) in [7, 11) is 0. The molecule has 0 saturated heterocycles. The lowest BCUT2D eigenvalue weighted by Gasteiger charge is -2.22. The Bertz CT molecular complexity index is 930. The molecule has 0 radical (unpaired) electrons. The highest BCUT2D eigenvalue weighted by Crippen LogP contribution is 2.30. The zero-order valence-electron chi connectivity index (χ0n) is 23.3. The Labute approximate surface area is 224 Å². The molecule has 11 heteroatoms. The van der Waals surface area contributed by atoms with Crippen LogP contribution >= 0.6 is 0 Å². The minimum absolute atomic E-state index is 0.0189. The average molecular weight is 540 g/mol. The fraction of sp³-hybridized carbons (Fsp3) is 0.630. The summed E-state index contributed by atoms with van der Waals surface area (Å²) in [6.07, 6.45) is -2.37. The largest absolute Gasteiger partial charge is 0.513 e. The number of carbonyl (C=O) groups excluding carboxylic acids is 4. The zero-order valence-corrected chi connectivity index (χ0v) is 23.3. The molecule has 0 spiro atoms. The van der Waals surface area contributed by atoms with Crippen molar-refractivity contribution in [2.75, 3.05) is 13.2 Å². The number of benzene rings is 1. The number of esters is 2. The van der Waals surface area contributed by atoms with Gasteiger partial charge in [0.05, 0.1) is 13.2 Å². The van der Waals surface area contributed by atoms with Gasteiger partial charge in [0.1, 0.15) is 18.2 Å². The van der Waals surface area contributed by atoms with Crippen molar-refractivity contribution in [1.29, 1.82) is 0 Å². The summed E-state index contributed by atoms with van der Waals surface area (Å²) in [5.41, 5.74) is 6.54. The molecular formula is C27H41NO10.